The Balaban J connectivity index is 2.57. The maximum Gasteiger partial charge on any atom is 0.131 e. The second-order valence-electron chi connectivity index (χ2n) is 3.81. The van der Waals surface area contributed by atoms with Crippen LogP contribution in [0.25, 0.3) is 0 Å². The van der Waals surface area contributed by atoms with E-state index in [0.717, 1.165) is 11.6 Å². The lowest BCUT2D eigenvalue weighted by molar-refractivity contribution is 0.563. The highest BCUT2D eigenvalue weighted by Crippen LogP contribution is 2.27. The Kier molecular flexibility index (Phi) is 5.79. The molecule has 0 aliphatic rings. The van der Waals surface area contributed by atoms with Gasteiger partial charge in [-0.3, -0.25) is 0 Å². The van der Waals surface area contributed by atoms with E-state index in [0.29, 0.717) is 5.92 Å². The lowest BCUT2D eigenvalue weighted by atomic mass is 10.0. The van der Waals surface area contributed by atoms with Gasteiger partial charge in [0.2, 0.25) is 0 Å². The first-order chi connectivity index (χ1) is 7.31. The Morgan fingerprint density at radius 1 is 1.33 bits per heavy atom. The zero-order valence-corrected chi connectivity index (χ0v) is 10.7. The van der Waals surface area contributed by atoms with Crippen molar-refractivity contribution in [1.82, 2.24) is 15.5 Å². The number of nitrogens with zero attached hydrogens (tertiary/aromatic N) is 2. The summed E-state index contributed by atoms with van der Waals surface area (Å²) in [6, 6.07) is 0. The van der Waals surface area contributed by atoms with Crippen LogP contribution < -0.4 is 5.32 Å². The molecule has 0 bridgehead atoms. The van der Waals surface area contributed by atoms with E-state index in [2.05, 4.69) is 29.4 Å². The van der Waals surface area contributed by atoms with Crippen LogP contribution in [0.4, 0.5) is 0 Å². The third kappa shape index (κ3) is 3.87. The highest BCUT2D eigenvalue weighted by Gasteiger charge is 2.14. The van der Waals surface area contributed by atoms with Crippen molar-refractivity contribution >= 4 is 11.3 Å². The summed E-state index contributed by atoms with van der Waals surface area (Å²) in [5.41, 5.74) is 0. The Bertz CT molecular complexity index is 273. The fourth-order valence-electron chi connectivity index (χ4n) is 1.61. The molecule has 15 heavy (non-hydrogen) atoms. The number of rotatable bonds is 7. The Hall–Kier alpha value is -0.480. The molecule has 1 rings (SSSR count). The first-order valence-corrected chi connectivity index (χ1v) is 6.60. The molecule has 4 heteroatoms. The van der Waals surface area contributed by atoms with Crippen LogP contribution in [0.1, 0.15) is 55.5 Å². The fourth-order valence-corrected chi connectivity index (χ4v) is 2.68. The first-order valence-electron chi connectivity index (χ1n) is 5.78. The fraction of sp³-hybridized carbons (Fsp3) is 0.818. The van der Waals surface area contributed by atoms with Gasteiger partial charge in [-0.05, 0) is 19.9 Å². The summed E-state index contributed by atoms with van der Waals surface area (Å²) in [5, 5.41) is 13.9. The normalized spacial score (nSPS) is 13.0. The lowest BCUT2D eigenvalue weighted by Crippen LogP contribution is -2.04. The molecule has 0 spiro atoms. The summed E-state index contributed by atoms with van der Waals surface area (Å²) in [7, 11) is 1.94. The standard InChI is InChI=1S/C11H21N3S/c1-4-6-7-9(5-2)11-14-13-10(15-11)8-12-3/h9,12H,4-8H2,1-3H3. The van der Waals surface area contributed by atoms with Crippen molar-refractivity contribution < 1.29 is 0 Å². The van der Waals surface area contributed by atoms with E-state index in [1.54, 1.807) is 11.3 Å². The molecule has 1 unspecified atom stereocenters. The minimum Gasteiger partial charge on any atom is -0.313 e. The van der Waals surface area contributed by atoms with E-state index >= 15 is 0 Å². The topological polar surface area (TPSA) is 37.8 Å². The van der Waals surface area contributed by atoms with Crippen LogP contribution in [0.2, 0.25) is 0 Å². The van der Waals surface area contributed by atoms with Gasteiger partial charge in [-0.15, -0.1) is 10.2 Å². The van der Waals surface area contributed by atoms with Gasteiger partial charge in [-0.25, -0.2) is 0 Å². The van der Waals surface area contributed by atoms with Crippen molar-refractivity contribution in [3.05, 3.63) is 10.0 Å². The number of hydrogen-bond donors (Lipinski definition) is 1. The molecular weight excluding hydrogens is 206 g/mol. The molecule has 0 aliphatic heterocycles. The lowest BCUT2D eigenvalue weighted by Gasteiger charge is -2.09. The van der Waals surface area contributed by atoms with Gasteiger partial charge in [0, 0.05) is 12.5 Å². The van der Waals surface area contributed by atoms with Gasteiger partial charge in [0.15, 0.2) is 0 Å². The Morgan fingerprint density at radius 3 is 2.73 bits per heavy atom. The van der Waals surface area contributed by atoms with Gasteiger partial charge >= 0.3 is 0 Å². The maximum atomic E-state index is 4.29. The molecular formula is C11H21N3S. The van der Waals surface area contributed by atoms with Crippen molar-refractivity contribution in [3.8, 4) is 0 Å². The molecule has 0 saturated carbocycles. The van der Waals surface area contributed by atoms with Crippen molar-refractivity contribution in [2.45, 2.75) is 52.0 Å². The van der Waals surface area contributed by atoms with E-state index < -0.39 is 0 Å². The maximum absolute atomic E-state index is 4.29. The van der Waals surface area contributed by atoms with Crippen LogP contribution in [0.5, 0.6) is 0 Å². The van der Waals surface area contributed by atoms with Crippen molar-refractivity contribution in [2.24, 2.45) is 0 Å². The molecule has 1 aromatic heterocycles. The second kappa shape index (κ2) is 6.90. The molecule has 1 N–H and O–H groups in total. The van der Waals surface area contributed by atoms with Gasteiger partial charge < -0.3 is 5.32 Å². The molecule has 0 radical (unpaired) electrons. The van der Waals surface area contributed by atoms with E-state index in [1.807, 2.05) is 7.05 Å². The highest BCUT2D eigenvalue weighted by molar-refractivity contribution is 7.11. The van der Waals surface area contributed by atoms with Gasteiger partial charge in [0.1, 0.15) is 10.0 Å². The monoisotopic (exact) mass is 227 g/mol. The van der Waals surface area contributed by atoms with Crippen molar-refractivity contribution in [3.63, 3.8) is 0 Å². The smallest absolute Gasteiger partial charge is 0.131 e. The molecule has 0 aliphatic carbocycles. The third-order valence-electron chi connectivity index (χ3n) is 2.56. The van der Waals surface area contributed by atoms with E-state index in [1.165, 1.54) is 30.7 Å². The minimum atomic E-state index is 0.619. The van der Waals surface area contributed by atoms with Gasteiger partial charge in [-0.1, -0.05) is 38.0 Å². The second-order valence-corrected chi connectivity index (χ2v) is 4.91. The molecule has 0 aromatic carbocycles. The van der Waals surface area contributed by atoms with Crippen LogP contribution in [-0.2, 0) is 6.54 Å². The van der Waals surface area contributed by atoms with Crippen LogP contribution in [0, 0.1) is 0 Å². The highest BCUT2D eigenvalue weighted by atomic mass is 32.1. The molecule has 3 nitrogen and oxygen atoms in total. The molecule has 0 fully saturated rings. The van der Waals surface area contributed by atoms with E-state index in [-0.39, 0.29) is 0 Å². The zero-order valence-electron chi connectivity index (χ0n) is 9.92. The number of hydrogen-bond acceptors (Lipinski definition) is 4. The molecule has 1 heterocycles. The van der Waals surface area contributed by atoms with Crippen LogP contribution in [-0.4, -0.2) is 17.2 Å². The Morgan fingerprint density at radius 2 is 2.13 bits per heavy atom. The van der Waals surface area contributed by atoms with Crippen LogP contribution in [0.3, 0.4) is 0 Å². The van der Waals surface area contributed by atoms with Gasteiger partial charge in [0.25, 0.3) is 0 Å². The molecule has 0 amide bonds. The predicted octanol–water partition coefficient (Wildman–Crippen LogP) is 2.94. The molecule has 1 aromatic rings. The number of unbranched alkanes of at least 4 members (excludes halogenated alkanes) is 1. The number of aromatic nitrogens is 2. The van der Waals surface area contributed by atoms with E-state index in [9.17, 15) is 0 Å². The number of nitrogens with one attached hydrogen (secondary N) is 1. The van der Waals surface area contributed by atoms with Crippen molar-refractivity contribution in [2.75, 3.05) is 7.05 Å². The molecule has 0 saturated heterocycles. The minimum absolute atomic E-state index is 0.619. The van der Waals surface area contributed by atoms with Gasteiger partial charge in [0.05, 0.1) is 0 Å². The first kappa shape index (κ1) is 12.6. The van der Waals surface area contributed by atoms with Crippen LogP contribution >= 0.6 is 11.3 Å². The SMILES string of the molecule is CCCCC(CC)c1nnc(CNC)s1. The third-order valence-corrected chi connectivity index (χ3v) is 3.64. The summed E-state index contributed by atoms with van der Waals surface area (Å²) < 4.78 is 0. The summed E-state index contributed by atoms with van der Waals surface area (Å²) in [6.07, 6.45) is 4.98. The Labute approximate surface area is 96.3 Å². The molecule has 1 atom stereocenters. The molecule has 86 valence electrons. The zero-order chi connectivity index (χ0) is 11.1. The van der Waals surface area contributed by atoms with Crippen LogP contribution in [0.15, 0.2) is 0 Å². The summed E-state index contributed by atoms with van der Waals surface area (Å²) in [4.78, 5) is 0. The average molecular weight is 227 g/mol. The van der Waals surface area contributed by atoms with E-state index in [4.69, 9.17) is 0 Å². The van der Waals surface area contributed by atoms with Crippen molar-refractivity contribution in [1.29, 1.82) is 0 Å². The predicted molar refractivity (Wildman–Crippen MR) is 65.2 cm³/mol. The quantitative estimate of drug-likeness (QED) is 0.778. The summed E-state index contributed by atoms with van der Waals surface area (Å²) >= 11 is 1.76. The average Bonchev–Trinajstić information content (AvgIpc) is 2.68. The van der Waals surface area contributed by atoms with Gasteiger partial charge in [-0.2, -0.15) is 0 Å². The summed E-state index contributed by atoms with van der Waals surface area (Å²) in [6.45, 7) is 5.31. The summed E-state index contributed by atoms with van der Waals surface area (Å²) in [5.74, 6) is 0.619. The largest absolute Gasteiger partial charge is 0.313 e.